The standard InChI is InChI=1S/C9H20N2O2S/c1-7(5-6-14(4)13)11-9(12)8(2)10-3/h7-8,10H,5-6H2,1-4H3,(H,11,12). The molecule has 0 bridgehead atoms. The van der Waals surface area contributed by atoms with E-state index in [1.54, 1.807) is 20.2 Å². The molecule has 5 heteroatoms. The molecule has 3 atom stereocenters. The maximum Gasteiger partial charge on any atom is 0.237 e. The molecule has 0 aromatic rings. The molecule has 84 valence electrons. The third-order valence-corrected chi connectivity index (χ3v) is 2.86. The van der Waals surface area contributed by atoms with E-state index in [1.807, 2.05) is 6.92 Å². The summed E-state index contributed by atoms with van der Waals surface area (Å²) in [5.41, 5.74) is 0. The van der Waals surface area contributed by atoms with Crippen LogP contribution >= 0.6 is 0 Å². The third kappa shape index (κ3) is 6.10. The average molecular weight is 220 g/mol. The number of hydrogen-bond donors (Lipinski definition) is 2. The summed E-state index contributed by atoms with van der Waals surface area (Å²) in [6.07, 6.45) is 2.43. The molecule has 0 rings (SSSR count). The summed E-state index contributed by atoms with van der Waals surface area (Å²) in [5, 5.41) is 5.71. The first-order chi connectivity index (χ1) is 6.47. The Balaban J connectivity index is 3.76. The van der Waals surface area contributed by atoms with Gasteiger partial charge >= 0.3 is 0 Å². The Hall–Kier alpha value is -0.420. The van der Waals surface area contributed by atoms with Crippen LogP contribution in [0, 0.1) is 0 Å². The fraction of sp³-hybridized carbons (Fsp3) is 0.889. The molecule has 0 aromatic heterocycles. The van der Waals surface area contributed by atoms with Crippen molar-refractivity contribution in [2.75, 3.05) is 19.1 Å². The van der Waals surface area contributed by atoms with Gasteiger partial charge in [-0.05, 0) is 27.3 Å². The van der Waals surface area contributed by atoms with Gasteiger partial charge in [0.2, 0.25) is 5.91 Å². The molecule has 2 N–H and O–H groups in total. The second-order valence-electron chi connectivity index (χ2n) is 3.49. The highest BCUT2D eigenvalue weighted by Gasteiger charge is 2.12. The Morgan fingerprint density at radius 1 is 1.43 bits per heavy atom. The van der Waals surface area contributed by atoms with Gasteiger partial charge in [0.05, 0.1) is 6.04 Å². The maximum atomic E-state index is 11.4. The number of rotatable bonds is 6. The highest BCUT2D eigenvalue weighted by molar-refractivity contribution is 7.84. The van der Waals surface area contributed by atoms with Crippen LogP contribution in [0.25, 0.3) is 0 Å². The highest BCUT2D eigenvalue weighted by atomic mass is 32.2. The Morgan fingerprint density at radius 2 is 2.00 bits per heavy atom. The minimum Gasteiger partial charge on any atom is -0.352 e. The van der Waals surface area contributed by atoms with Crippen molar-refractivity contribution in [2.24, 2.45) is 0 Å². The highest BCUT2D eigenvalue weighted by Crippen LogP contribution is 1.93. The first-order valence-corrected chi connectivity index (χ1v) is 6.47. The van der Waals surface area contributed by atoms with Crippen molar-refractivity contribution in [3.8, 4) is 0 Å². The summed E-state index contributed by atoms with van der Waals surface area (Å²) >= 11 is 0. The molecule has 0 saturated carbocycles. The molecular formula is C9H20N2O2S. The summed E-state index contributed by atoms with van der Waals surface area (Å²) in [4.78, 5) is 11.4. The van der Waals surface area contributed by atoms with Crippen molar-refractivity contribution in [1.82, 2.24) is 10.6 Å². The number of carbonyl (C=O) groups is 1. The van der Waals surface area contributed by atoms with Crippen molar-refractivity contribution >= 4 is 16.7 Å². The molecule has 0 saturated heterocycles. The van der Waals surface area contributed by atoms with Crippen LogP contribution in [0.15, 0.2) is 0 Å². The smallest absolute Gasteiger partial charge is 0.237 e. The van der Waals surface area contributed by atoms with Crippen LogP contribution in [-0.4, -0.2) is 41.3 Å². The van der Waals surface area contributed by atoms with Crippen molar-refractivity contribution < 1.29 is 9.00 Å². The summed E-state index contributed by atoms with van der Waals surface area (Å²) in [7, 11) is 0.966. The molecule has 0 heterocycles. The predicted molar refractivity (Wildman–Crippen MR) is 59.7 cm³/mol. The minimum atomic E-state index is -0.780. The second-order valence-corrected chi connectivity index (χ2v) is 5.04. The molecule has 4 nitrogen and oxygen atoms in total. The lowest BCUT2D eigenvalue weighted by Gasteiger charge is -2.16. The summed E-state index contributed by atoms with van der Waals surface area (Å²) in [5.74, 6) is 0.622. The van der Waals surface area contributed by atoms with E-state index < -0.39 is 10.8 Å². The first kappa shape index (κ1) is 13.6. The molecule has 0 aliphatic rings. The number of nitrogens with one attached hydrogen (secondary N) is 2. The third-order valence-electron chi connectivity index (χ3n) is 2.05. The zero-order chi connectivity index (χ0) is 11.1. The quantitative estimate of drug-likeness (QED) is 0.655. The zero-order valence-electron chi connectivity index (χ0n) is 9.29. The topological polar surface area (TPSA) is 58.2 Å². The van der Waals surface area contributed by atoms with Crippen LogP contribution in [0.1, 0.15) is 20.3 Å². The van der Waals surface area contributed by atoms with Crippen molar-refractivity contribution in [2.45, 2.75) is 32.4 Å². The Kier molecular flexibility index (Phi) is 6.74. The van der Waals surface area contributed by atoms with Gasteiger partial charge in [0.25, 0.3) is 0 Å². The predicted octanol–water partition coefficient (Wildman–Crippen LogP) is -0.132. The maximum absolute atomic E-state index is 11.4. The SMILES string of the molecule is CNC(C)C(=O)NC(C)CCS(C)=O. The molecule has 14 heavy (non-hydrogen) atoms. The fourth-order valence-electron chi connectivity index (χ4n) is 0.914. The van der Waals surface area contributed by atoms with Gasteiger partial charge in [-0.25, -0.2) is 0 Å². The van der Waals surface area contributed by atoms with E-state index in [9.17, 15) is 9.00 Å². The van der Waals surface area contributed by atoms with E-state index in [2.05, 4.69) is 10.6 Å². The van der Waals surface area contributed by atoms with Gasteiger partial charge < -0.3 is 10.6 Å². The molecule has 0 spiro atoms. The Labute approximate surface area is 88.3 Å². The molecule has 0 fully saturated rings. The molecular weight excluding hydrogens is 200 g/mol. The number of hydrogen-bond acceptors (Lipinski definition) is 3. The number of carbonyl (C=O) groups excluding carboxylic acids is 1. The largest absolute Gasteiger partial charge is 0.352 e. The Morgan fingerprint density at radius 3 is 2.43 bits per heavy atom. The zero-order valence-corrected chi connectivity index (χ0v) is 10.1. The normalized spacial score (nSPS) is 17.1. The lowest BCUT2D eigenvalue weighted by atomic mass is 10.2. The van der Waals surface area contributed by atoms with Gasteiger partial charge in [0, 0.05) is 28.9 Å². The van der Waals surface area contributed by atoms with Gasteiger partial charge in [0.15, 0.2) is 0 Å². The lowest BCUT2D eigenvalue weighted by molar-refractivity contribution is -0.123. The van der Waals surface area contributed by atoms with Crippen molar-refractivity contribution in [3.05, 3.63) is 0 Å². The van der Waals surface area contributed by atoms with E-state index in [0.717, 1.165) is 6.42 Å². The van der Waals surface area contributed by atoms with Crippen molar-refractivity contribution in [3.63, 3.8) is 0 Å². The van der Waals surface area contributed by atoms with Gasteiger partial charge in [-0.3, -0.25) is 9.00 Å². The van der Waals surface area contributed by atoms with Gasteiger partial charge in [-0.1, -0.05) is 0 Å². The molecule has 0 radical (unpaired) electrons. The summed E-state index contributed by atoms with van der Waals surface area (Å²) < 4.78 is 10.8. The second kappa shape index (κ2) is 6.95. The Bertz CT molecular complexity index is 209. The van der Waals surface area contributed by atoms with E-state index >= 15 is 0 Å². The minimum absolute atomic E-state index is 0.0121. The van der Waals surface area contributed by atoms with Crippen LogP contribution in [-0.2, 0) is 15.6 Å². The summed E-state index contributed by atoms with van der Waals surface area (Å²) in [6, 6.07) is -0.0910. The molecule has 0 aliphatic carbocycles. The lowest BCUT2D eigenvalue weighted by Crippen LogP contribution is -2.44. The van der Waals surface area contributed by atoms with Crippen LogP contribution in [0.3, 0.4) is 0 Å². The van der Waals surface area contributed by atoms with Gasteiger partial charge in [-0.15, -0.1) is 0 Å². The van der Waals surface area contributed by atoms with E-state index in [4.69, 9.17) is 0 Å². The van der Waals surface area contributed by atoms with E-state index in [0.29, 0.717) is 5.75 Å². The monoisotopic (exact) mass is 220 g/mol. The number of amides is 1. The fourth-order valence-corrected chi connectivity index (χ4v) is 1.60. The molecule has 0 aliphatic heterocycles. The van der Waals surface area contributed by atoms with Crippen LogP contribution < -0.4 is 10.6 Å². The summed E-state index contributed by atoms with van der Waals surface area (Å²) in [6.45, 7) is 3.73. The van der Waals surface area contributed by atoms with E-state index in [-0.39, 0.29) is 18.0 Å². The average Bonchev–Trinajstić information content (AvgIpc) is 2.13. The molecule has 3 unspecified atom stereocenters. The van der Waals surface area contributed by atoms with Crippen LogP contribution in [0.2, 0.25) is 0 Å². The van der Waals surface area contributed by atoms with Crippen molar-refractivity contribution in [1.29, 1.82) is 0 Å². The molecule has 0 aromatic carbocycles. The number of likely N-dealkylation sites (N-methyl/N-ethyl adjacent to an activating group) is 1. The van der Waals surface area contributed by atoms with Crippen LogP contribution in [0.5, 0.6) is 0 Å². The van der Waals surface area contributed by atoms with Gasteiger partial charge in [-0.2, -0.15) is 0 Å². The van der Waals surface area contributed by atoms with E-state index in [1.165, 1.54) is 0 Å². The van der Waals surface area contributed by atoms with Crippen LogP contribution in [0.4, 0.5) is 0 Å². The first-order valence-electron chi connectivity index (χ1n) is 4.75. The molecule has 1 amide bonds. The van der Waals surface area contributed by atoms with Gasteiger partial charge in [0.1, 0.15) is 0 Å².